The van der Waals surface area contributed by atoms with Crippen LogP contribution in [0.5, 0.6) is 0 Å². The molecule has 3 aromatic rings. The number of anilines is 1. The van der Waals surface area contributed by atoms with Crippen LogP contribution in [0.2, 0.25) is 5.02 Å². The molecule has 0 spiro atoms. The van der Waals surface area contributed by atoms with Crippen molar-refractivity contribution in [2.24, 2.45) is 0 Å². The minimum Gasteiger partial charge on any atom is -0.354 e. The molecule has 1 aliphatic rings. The number of nitrogens with zero attached hydrogens (tertiary/aromatic N) is 1. The number of carbonyl (C=O) groups is 1. The van der Waals surface area contributed by atoms with Gasteiger partial charge in [-0.3, -0.25) is 9.10 Å². The number of thioether (sulfide) groups is 1. The maximum absolute atomic E-state index is 13.3. The van der Waals surface area contributed by atoms with Crippen LogP contribution in [0.4, 0.5) is 5.69 Å². The van der Waals surface area contributed by atoms with E-state index in [0.717, 1.165) is 22.4 Å². The molecule has 1 amide bonds. The molecular formula is C24H23ClN2O3S2. The molecule has 5 nitrogen and oxygen atoms in total. The van der Waals surface area contributed by atoms with Crippen LogP contribution in [0, 0.1) is 0 Å². The first-order valence-corrected chi connectivity index (χ1v) is 13.1. The zero-order valence-corrected chi connectivity index (χ0v) is 19.9. The van der Waals surface area contributed by atoms with Crippen molar-refractivity contribution < 1.29 is 13.2 Å². The number of carbonyl (C=O) groups excluding carboxylic acids is 1. The molecule has 8 heteroatoms. The van der Waals surface area contributed by atoms with Gasteiger partial charge in [0.15, 0.2) is 0 Å². The summed E-state index contributed by atoms with van der Waals surface area (Å²) in [6.07, 6.45) is 0.841. The fourth-order valence-corrected chi connectivity index (χ4v) is 6.19. The predicted molar refractivity (Wildman–Crippen MR) is 131 cm³/mol. The molecule has 0 atom stereocenters. The molecule has 0 fully saturated rings. The molecule has 0 aromatic heterocycles. The highest BCUT2D eigenvalue weighted by Crippen LogP contribution is 2.43. The Morgan fingerprint density at radius 3 is 2.53 bits per heavy atom. The number of sulfonamides is 1. The average Bonchev–Trinajstić information content (AvgIpc) is 2.80. The second kappa shape index (κ2) is 9.57. The van der Waals surface area contributed by atoms with E-state index in [9.17, 15) is 13.2 Å². The van der Waals surface area contributed by atoms with E-state index in [0.29, 0.717) is 28.6 Å². The average molecular weight is 487 g/mol. The predicted octanol–water partition coefficient (Wildman–Crippen LogP) is 4.99. The lowest BCUT2D eigenvalue weighted by Gasteiger charge is -2.32. The monoisotopic (exact) mass is 486 g/mol. The lowest BCUT2D eigenvalue weighted by atomic mass is 9.99. The van der Waals surface area contributed by atoms with Gasteiger partial charge in [-0.2, -0.15) is 0 Å². The minimum atomic E-state index is -3.83. The quantitative estimate of drug-likeness (QED) is 0.377. The lowest BCUT2D eigenvalue weighted by Crippen LogP contribution is -2.43. The number of amides is 1. The van der Waals surface area contributed by atoms with Gasteiger partial charge >= 0.3 is 0 Å². The van der Waals surface area contributed by atoms with Crippen LogP contribution in [-0.2, 0) is 21.2 Å². The number of nitrogens with one attached hydrogen (secondary N) is 1. The summed E-state index contributed by atoms with van der Waals surface area (Å²) in [7, 11) is -3.83. The van der Waals surface area contributed by atoms with Gasteiger partial charge in [0, 0.05) is 33.3 Å². The molecule has 1 N–H and O–H groups in total. The summed E-state index contributed by atoms with van der Waals surface area (Å²) >= 11 is 7.49. The van der Waals surface area contributed by atoms with E-state index in [-0.39, 0.29) is 17.3 Å². The van der Waals surface area contributed by atoms with Gasteiger partial charge in [-0.1, -0.05) is 42.8 Å². The second-order valence-corrected chi connectivity index (χ2v) is 10.8. The molecule has 0 aliphatic carbocycles. The summed E-state index contributed by atoms with van der Waals surface area (Å²) in [4.78, 5) is 13.9. The number of benzene rings is 3. The van der Waals surface area contributed by atoms with E-state index in [1.165, 1.54) is 4.31 Å². The maximum Gasteiger partial charge on any atom is 0.265 e. The van der Waals surface area contributed by atoms with E-state index in [1.807, 2.05) is 48.5 Å². The standard InChI is InChI=1S/C24H23ClN2O3S2/c1-2-17-7-12-22-21(15-17)20-5-3-4-6-23(20)32(29,30)27(22)16-24(28)26-13-14-31-19-10-8-18(25)9-11-19/h3-12,15H,2,13-14,16H2,1H3,(H,26,28). The van der Waals surface area contributed by atoms with Gasteiger partial charge in [-0.25, -0.2) is 8.42 Å². The zero-order valence-electron chi connectivity index (χ0n) is 17.5. The van der Waals surface area contributed by atoms with E-state index in [4.69, 9.17) is 11.6 Å². The van der Waals surface area contributed by atoms with Gasteiger partial charge in [0.25, 0.3) is 10.0 Å². The normalized spacial score (nSPS) is 13.9. The smallest absolute Gasteiger partial charge is 0.265 e. The van der Waals surface area contributed by atoms with Crippen LogP contribution in [0.25, 0.3) is 11.1 Å². The highest BCUT2D eigenvalue weighted by atomic mass is 35.5. The first kappa shape index (κ1) is 22.7. The fourth-order valence-electron chi connectivity index (χ4n) is 3.65. The van der Waals surface area contributed by atoms with E-state index < -0.39 is 10.0 Å². The van der Waals surface area contributed by atoms with Crippen molar-refractivity contribution in [3.8, 4) is 11.1 Å². The summed E-state index contributed by atoms with van der Waals surface area (Å²) < 4.78 is 27.9. The molecule has 1 heterocycles. The fraction of sp³-hybridized carbons (Fsp3) is 0.208. The molecule has 1 aliphatic heterocycles. The van der Waals surface area contributed by atoms with Crippen LogP contribution in [0.3, 0.4) is 0 Å². The largest absolute Gasteiger partial charge is 0.354 e. The third-order valence-corrected chi connectivity index (χ3v) is 8.36. The topological polar surface area (TPSA) is 66.5 Å². The Hall–Kier alpha value is -2.48. The molecule has 4 rings (SSSR count). The summed E-state index contributed by atoms with van der Waals surface area (Å²) in [6, 6.07) is 20.2. The summed E-state index contributed by atoms with van der Waals surface area (Å²) in [6.45, 7) is 2.22. The number of fused-ring (bicyclic) bond motifs is 3. The number of halogens is 1. The molecule has 32 heavy (non-hydrogen) atoms. The Morgan fingerprint density at radius 1 is 1.03 bits per heavy atom. The van der Waals surface area contributed by atoms with Gasteiger partial charge in [-0.15, -0.1) is 11.8 Å². The van der Waals surface area contributed by atoms with Crippen molar-refractivity contribution in [2.45, 2.75) is 23.1 Å². The Balaban J connectivity index is 1.49. The lowest BCUT2D eigenvalue weighted by molar-refractivity contribution is -0.119. The first-order valence-electron chi connectivity index (χ1n) is 10.3. The molecule has 166 valence electrons. The molecular weight excluding hydrogens is 464 g/mol. The third-order valence-electron chi connectivity index (χ3n) is 5.28. The molecule has 0 radical (unpaired) electrons. The van der Waals surface area contributed by atoms with Gasteiger partial charge in [0.05, 0.1) is 10.6 Å². The number of hydrogen-bond donors (Lipinski definition) is 1. The molecule has 3 aromatic carbocycles. The van der Waals surface area contributed by atoms with Gasteiger partial charge in [0.2, 0.25) is 5.91 Å². The van der Waals surface area contributed by atoms with Crippen molar-refractivity contribution in [3.05, 3.63) is 77.3 Å². The Labute approximate surface area is 197 Å². The van der Waals surface area contributed by atoms with Crippen LogP contribution in [0.1, 0.15) is 12.5 Å². The van der Waals surface area contributed by atoms with Crippen LogP contribution < -0.4 is 9.62 Å². The van der Waals surface area contributed by atoms with Crippen LogP contribution in [-0.4, -0.2) is 33.2 Å². The molecule has 0 saturated heterocycles. The Morgan fingerprint density at radius 2 is 1.78 bits per heavy atom. The molecule has 0 bridgehead atoms. The number of hydrogen-bond acceptors (Lipinski definition) is 4. The van der Waals surface area contributed by atoms with Gasteiger partial charge < -0.3 is 5.32 Å². The minimum absolute atomic E-state index is 0.229. The van der Waals surface area contributed by atoms with Crippen molar-refractivity contribution >= 4 is 45.0 Å². The van der Waals surface area contributed by atoms with Crippen molar-refractivity contribution in [1.29, 1.82) is 0 Å². The SMILES string of the molecule is CCc1ccc2c(c1)-c1ccccc1S(=O)(=O)N2CC(=O)NCCSc1ccc(Cl)cc1. The highest BCUT2D eigenvalue weighted by molar-refractivity contribution is 7.99. The van der Waals surface area contributed by atoms with Crippen LogP contribution in [0.15, 0.2) is 76.5 Å². The first-order chi connectivity index (χ1) is 15.4. The second-order valence-electron chi connectivity index (χ2n) is 7.37. The molecule has 0 unspecified atom stereocenters. The van der Waals surface area contributed by atoms with E-state index in [2.05, 4.69) is 12.2 Å². The third kappa shape index (κ3) is 4.65. The van der Waals surface area contributed by atoms with Crippen LogP contribution >= 0.6 is 23.4 Å². The van der Waals surface area contributed by atoms with E-state index in [1.54, 1.807) is 30.0 Å². The highest BCUT2D eigenvalue weighted by Gasteiger charge is 2.35. The van der Waals surface area contributed by atoms with Crippen molar-refractivity contribution in [3.63, 3.8) is 0 Å². The molecule has 0 saturated carbocycles. The Kier molecular flexibility index (Phi) is 6.79. The summed E-state index contributed by atoms with van der Waals surface area (Å²) in [5, 5.41) is 3.51. The maximum atomic E-state index is 13.3. The Bertz CT molecular complexity index is 1240. The zero-order chi connectivity index (χ0) is 22.7. The van der Waals surface area contributed by atoms with Gasteiger partial charge in [0.1, 0.15) is 6.54 Å². The summed E-state index contributed by atoms with van der Waals surface area (Å²) in [5.41, 5.74) is 3.16. The van der Waals surface area contributed by atoms with Crippen molar-refractivity contribution in [2.75, 3.05) is 23.1 Å². The number of aryl methyl sites for hydroxylation is 1. The van der Waals surface area contributed by atoms with Crippen molar-refractivity contribution in [1.82, 2.24) is 5.32 Å². The van der Waals surface area contributed by atoms with Gasteiger partial charge in [-0.05, 0) is 54.4 Å². The summed E-state index contributed by atoms with van der Waals surface area (Å²) in [5.74, 6) is 0.328. The number of rotatable bonds is 7. The van der Waals surface area contributed by atoms with E-state index >= 15 is 0 Å².